The monoisotopic (exact) mass is 241 g/mol. The summed E-state index contributed by atoms with van der Waals surface area (Å²) in [6.45, 7) is 1.72. The number of nitrogens with zero attached hydrogens (tertiary/aromatic N) is 2. The highest BCUT2D eigenvalue weighted by Gasteiger charge is 2.15. The molecule has 0 saturated heterocycles. The van der Waals surface area contributed by atoms with Crippen molar-refractivity contribution in [3.8, 4) is 11.5 Å². The molecule has 4 nitrogen and oxygen atoms in total. The normalized spacial score (nSPS) is 12.8. The minimum Gasteiger partial charge on any atom is -0.334 e. The van der Waals surface area contributed by atoms with Gasteiger partial charge in [0.15, 0.2) is 5.82 Å². The van der Waals surface area contributed by atoms with Crippen LogP contribution in [-0.2, 0) is 0 Å². The second-order valence-electron chi connectivity index (χ2n) is 3.35. The van der Waals surface area contributed by atoms with Crippen molar-refractivity contribution in [3.05, 3.63) is 34.9 Å². The van der Waals surface area contributed by atoms with Crippen molar-refractivity contribution < 1.29 is 8.91 Å². The van der Waals surface area contributed by atoms with Gasteiger partial charge in [-0.15, -0.1) is 0 Å². The quantitative estimate of drug-likeness (QED) is 0.878. The highest BCUT2D eigenvalue weighted by Crippen LogP contribution is 2.28. The standard InChI is InChI=1S/C10H9ClFN3O/c1-5(13)9-14-10(16-15-9)6-3-2-4-7(12)8(6)11/h2-5H,13H2,1H3. The lowest BCUT2D eigenvalue weighted by Gasteiger charge is -1.98. The van der Waals surface area contributed by atoms with E-state index in [1.165, 1.54) is 12.1 Å². The summed E-state index contributed by atoms with van der Waals surface area (Å²) in [6.07, 6.45) is 0. The van der Waals surface area contributed by atoms with Crippen LogP contribution >= 0.6 is 11.6 Å². The molecule has 0 fully saturated rings. The summed E-state index contributed by atoms with van der Waals surface area (Å²) >= 11 is 5.78. The van der Waals surface area contributed by atoms with E-state index in [2.05, 4.69) is 10.1 Å². The van der Waals surface area contributed by atoms with Gasteiger partial charge >= 0.3 is 0 Å². The topological polar surface area (TPSA) is 64.9 Å². The molecule has 0 saturated carbocycles. The molecular formula is C10H9ClFN3O. The lowest BCUT2D eigenvalue weighted by molar-refractivity contribution is 0.418. The zero-order valence-electron chi connectivity index (χ0n) is 8.45. The van der Waals surface area contributed by atoms with Crippen molar-refractivity contribution in [2.75, 3.05) is 0 Å². The Bertz CT molecular complexity index is 513. The molecule has 0 radical (unpaired) electrons. The maximum absolute atomic E-state index is 13.2. The van der Waals surface area contributed by atoms with Crippen molar-refractivity contribution in [1.29, 1.82) is 0 Å². The average Bonchev–Trinajstić information content (AvgIpc) is 2.71. The molecule has 2 aromatic rings. The number of hydrogen-bond acceptors (Lipinski definition) is 4. The molecule has 16 heavy (non-hydrogen) atoms. The SMILES string of the molecule is CC(N)c1noc(-c2cccc(F)c2Cl)n1. The van der Waals surface area contributed by atoms with E-state index in [-0.39, 0.29) is 17.0 Å². The van der Waals surface area contributed by atoms with E-state index in [1.807, 2.05) is 0 Å². The molecular weight excluding hydrogens is 233 g/mol. The first-order valence-electron chi connectivity index (χ1n) is 4.63. The maximum Gasteiger partial charge on any atom is 0.259 e. The molecule has 1 aromatic heterocycles. The molecule has 2 N–H and O–H groups in total. The fourth-order valence-electron chi connectivity index (χ4n) is 1.20. The smallest absolute Gasteiger partial charge is 0.259 e. The van der Waals surface area contributed by atoms with Crippen molar-refractivity contribution in [2.45, 2.75) is 13.0 Å². The average molecular weight is 242 g/mol. The Kier molecular flexibility index (Phi) is 2.89. The van der Waals surface area contributed by atoms with Gasteiger partial charge in [0.1, 0.15) is 5.82 Å². The Balaban J connectivity index is 2.47. The Labute approximate surface area is 96.2 Å². The Morgan fingerprint density at radius 3 is 2.88 bits per heavy atom. The van der Waals surface area contributed by atoms with Gasteiger partial charge in [0.25, 0.3) is 5.89 Å². The molecule has 1 unspecified atom stereocenters. The molecule has 2 rings (SSSR count). The van der Waals surface area contributed by atoms with Crippen molar-refractivity contribution in [2.24, 2.45) is 5.73 Å². The number of hydrogen-bond donors (Lipinski definition) is 1. The molecule has 6 heteroatoms. The Morgan fingerprint density at radius 2 is 2.25 bits per heavy atom. The second-order valence-corrected chi connectivity index (χ2v) is 3.73. The number of aromatic nitrogens is 2. The van der Waals surface area contributed by atoms with Gasteiger partial charge < -0.3 is 10.3 Å². The van der Waals surface area contributed by atoms with E-state index >= 15 is 0 Å². The number of rotatable bonds is 2. The van der Waals surface area contributed by atoms with Crippen LogP contribution in [0.2, 0.25) is 5.02 Å². The largest absolute Gasteiger partial charge is 0.334 e. The first-order chi connectivity index (χ1) is 7.59. The van der Waals surface area contributed by atoms with E-state index in [0.717, 1.165) is 0 Å². The Morgan fingerprint density at radius 1 is 1.50 bits per heavy atom. The Hall–Kier alpha value is -1.46. The van der Waals surface area contributed by atoms with Crippen LogP contribution < -0.4 is 5.73 Å². The second kappa shape index (κ2) is 4.19. The molecule has 0 spiro atoms. The van der Waals surface area contributed by atoms with Crippen molar-refractivity contribution in [3.63, 3.8) is 0 Å². The molecule has 0 amide bonds. The van der Waals surface area contributed by atoms with Crippen LogP contribution in [0.3, 0.4) is 0 Å². The summed E-state index contributed by atoms with van der Waals surface area (Å²) in [5.41, 5.74) is 5.94. The number of nitrogens with two attached hydrogens (primary N) is 1. The van der Waals surface area contributed by atoms with Crippen molar-refractivity contribution >= 4 is 11.6 Å². The summed E-state index contributed by atoms with van der Waals surface area (Å²) in [5.74, 6) is -0.00755. The number of halogens is 2. The van der Waals surface area contributed by atoms with Crippen LogP contribution in [-0.4, -0.2) is 10.1 Å². The van der Waals surface area contributed by atoms with E-state index in [4.69, 9.17) is 21.9 Å². The fraction of sp³-hybridized carbons (Fsp3) is 0.200. The third-order valence-electron chi connectivity index (χ3n) is 2.03. The van der Waals surface area contributed by atoms with E-state index in [0.29, 0.717) is 11.4 Å². The molecule has 0 aliphatic carbocycles. The predicted octanol–water partition coefficient (Wildman–Crippen LogP) is 2.55. The van der Waals surface area contributed by atoms with Gasteiger partial charge in [-0.25, -0.2) is 4.39 Å². The summed E-state index contributed by atoms with van der Waals surface area (Å²) < 4.78 is 18.1. The van der Waals surface area contributed by atoms with Gasteiger partial charge in [0.2, 0.25) is 0 Å². The summed E-state index contributed by atoms with van der Waals surface area (Å²) in [4.78, 5) is 4.03. The van der Waals surface area contributed by atoms with Gasteiger partial charge in [0, 0.05) is 0 Å². The van der Waals surface area contributed by atoms with Gasteiger partial charge in [-0.05, 0) is 19.1 Å². The molecule has 84 valence electrons. The highest BCUT2D eigenvalue weighted by molar-refractivity contribution is 6.33. The molecule has 1 heterocycles. The van der Waals surface area contributed by atoms with Crippen LogP contribution in [0.1, 0.15) is 18.8 Å². The van der Waals surface area contributed by atoms with E-state index < -0.39 is 5.82 Å². The van der Waals surface area contributed by atoms with E-state index in [1.54, 1.807) is 13.0 Å². The van der Waals surface area contributed by atoms with Crippen molar-refractivity contribution in [1.82, 2.24) is 10.1 Å². The first-order valence-corrected chi connectivity index (χ1v) is 5.01. The number of benzene rings is 1. The van der Waals surface area contributed by atoms with Crippen LogP contribution in [0.25, 0.3) is 11.5 Å². The zero-order chi connectivity index (χ0) is 11.7. The fourth-order valence-corrected chi connectivity index (χ4v) is 1.41. The third-order valence-corrected chi connectivity index (χ3v) is 2.42. The predicted molar refractivity (Wildman–Crippen MR) is 57.3 cm³/mol. The lowest BCUT2D eigenvalue weighted by Crippen LogP contribution is -2.06. The highest BCUT2D eigenvalue weighted by atomic mass is 35.5. The molecule has 0 aliphatic heterocycles. The molecule has 0 aliphatic rings. The summed E-state index contributed by atoms with van der Waals surface area (Å²) in [7, 11) is 0. The summed E-state index contributed by atoms with van der Waals surface area (Å²) in [6, 6.07) is 4.04. The summed E-state index contributed by atoms with van der Waals surface area (Å²) in [5, 5.41) is 3.63. The minimum absolute atomic E-state index is 0.0395. The van der Waals surface area contributed by atoms with Crippen LogP contribution in [0, 0.1) is 5.82 Å². The molecule has 0 bridgehead atoms. The zero-order valence-corrected chi connectivity index (χ0v) is 9.20. The van der Waals surface area contributed by atoms with Gasteiger partial charge in [-0.1, -0.05) is 22.8 Å². The maximum atomic E-state index is 13.2. The van der Waals surface area contributed by atoms with Gasteiger partial charge in [0.05, 0.1) is 16.6 Å². The lowest BCUT2D eigenvalue weighted by atomic mass is 10.2. The van der Waals surface area contributed by atoms with Crippen LogP contribution in [0.4, 0.5) is 4.39 Å². The van der Waals surface area contributed by atoms with Crippen LogP contribution in [0.15, 0.2) is 22.7 Å². The molecule has 1 atom stereocenters. The molecule has 1 aromatic carbocycles. The minimum atomic E-state index is -0.528. The van der Waals surface area contributed by atoms with Gasteiger partial charge in [-0.2, -0.15) is 4.98 Å². The first kappa shape index (κ1) is 11.0. The van der Waals surface area contributed by atoms with E-state index in [9.17, 15) is 4.39 Å². The van der Waals surface area contributed by atoms with Crippen LogP contribution in [0.5, 0.6) is 0 Å². The van der Waals surface area contributed by atoms with Gasteiger partial charge in [-0.3, -0.25) is 0 Å². The third kappa shape index (κ3) is 1.91.